The van der Waals surface area contributed by atoms with Crippen LogP contribution in [-0.4, -0.2) is 96.7 Å². The zero-order chi connectivity index (χ0) is 58.0. The molecule has 0 aromatic rings. The highest BCUT2D eigenvalue weighted by molar-refractivity contribution is 7.47. The molecule has 462 valence electrons. The van der Waals surface area contributed by atoms with E-state index in [1.165, 1.54) is 96.3 Å². The summed E-state index contributed by atoms with van der Waals surface area (Å²) in [6, 6.07) is 0. The van der Waals surface area contributed by atoms with Crippen molar-refractivity contribution in [3.63, 3.8) is 0 Å². The van der Waals surface area contributed by atoms with Crippen LogP contribution in [0.4, 0.5) is 0 Å². The molecular weight excluding hydrogens is 1040 g/mol. The Kier molecular flexibility index (Phi) is 50.6. The smallest absolute Gasteiger partial charge is 0.462 e. The van der Waals surface area contributed by atoms with E-state index >= 15 is 0 Å². The molecule has 7 atom stereocenters. The van der Waals surface area contributed by atoms with Gasteiger partial charge in [0, 0.05) is 25.7 Å². The molecule has 0 bridgehead atoms. The number of ether oxygens (including phenoxy) is 4. The molecule has 0 aromatic heterocycles. The second-order valence-corrected chi connectivity index (χ2v) is 24.8. The molecule has 19 heteroatoms. The zero-order valence-electron chi connectivity index (χ0n) is 50.0. The lowest BCUT2D eigenvalue weighted by molar-refractivity contribution is -0.161. The summed E-state index contributed by atoms with van der Waals surface area (Å²) < 4.78 is 67.7. The van der Waals surface area contributed by atoms with E-state index in [2.05, 4.69) is 41.5 Å². The van der Waals surface area contributed by atoms with Crippen LogP contribution < -0.4 is 0 Å². The molecule has 0 saturated carbocycles. The molecule has 0 amide bonds. The van der Waals surface area contributed by atoms with Gasteiger partial charge in [0.05, 0.1) is 26.4 Å². The van der Waals surface area contributed by atoms with Crippen LogP contribution in [0.15, 0.2) is 0 Å². The highest BCUT2D eigenvalue weighted by Gasteiger charge is 2.30. The number of phosphoric ester groups is 2. The molecule has 17 nitrogen and oxygen atoms in total. The van der Waals surface area contributed by atoms with Crippen molar-refractivity contribution in [3.05, 3.63) is 0 Å². The van der Waals surface area contributed by atoms with Crippen LogP contribution in [0.3, 0.4) is 0 Å². The van der Waals surface area contributed by atoms with Gasteiger partial charge in [0.2, 0.25) is 0 Å². The van der Waals surface area contributed by atoms with E-state index in [4.69, 9.17) is 37.0 Å². The fourth-order valence-electron chi connectivity index (χ4n) is 8.58. The fourth-order valence-corrected chi connectivity index (χ4v) is 10.2. The Labute approximate surface area is 473 Å². The monoisotopic (exact) mass is 1160 g/mol. The second-order valence-electron chi connectivity index (χ2n) is 21.9. The molecule has 0 radical (unpaired) electrons. The summed E-state index contributed by atoms with van der Waals surface area (Å²) in [5.41, 5.74) is 0. The van der Waals surface area contributed by atoms with Gasteiger partial charge in [0.15, 0.2) is 12.2 Å². The third kappa shape index (κ3) is 51.0. The van der Waals surface area contributed by atoms with Crippen LogP contribution in [0.1, 0.15) is 286 Å². The third-order valence-corrected chi connectivity index (χ3v) is 16.1. The Hall–Kier alpha value is -1.94. The average molecular weight is 1160 g/mol. The molecule has 4 unspecified atom stereocenters. The van der Waals surface area contributed by atoms with Gasteiger partial charge in [-0.3, -0.25) is 37.3 Å². The Bertz CT molecular complexity index is 1550. The van der Waals surface area contributed by atoms with Gasteiger partial charge in [0.1, 0.15) is 19.3 Å². The normalized spacial score (nSPS) is 15.1. The maximum atomic E-state index is 12.9. The Balaban J connectivity index is 5.24. The third-order valence-electron chi connectivity index (χ3n) is 14.2. The van der Waals surface area contributed by atoms with Crippen LogP contribution in [0.2, 0.25) is 0 Å². The zero-order valence-corrected chi connectivity index (χ0v) is 51.7. The van der Waals surface area contributed by atoms with E-state index in [-0.39, 0.29) is 25.7 Å². The minimum absolute atomic E-state index is 0.102. The number of carbonyl (C=O) groups excluding carboxylic acids is 4. The standard InChI is InChI=1S/C59H114O17P2/c1-7-11-13-15-17-19-21-29-35-41-56(61)69-47-54(75-58(63)43-37-31-22-20-18-16-14-12-8-2)49-73-77(65,66)71-45-53(60)46-72-78(67,68)74-50-55(76-59(64)44-38-32-26-24-28-34-40-52(6)10-4)48-70-57(62)42-36-30-25-23-27-33-39-51(5)9-3/h51-55,60H,7-50H2,1-6H3,(H,65,66)(H,67,68)/t51?,52?,53-,54+,55+/m0/s1. The summed E-state index contributed by atoms with van der Waals surface area (Å²) >= 11 is 0. The second kappa shape index (κ2) is 51.9. The summed E-state index contributed by atoms with van der Waals surface area (Å²) in [4.78, 5) is 71.9. The van der Waals surface area contributed by atoms with Crippen LogP contribution in [0.5, 0.6) is 0 Å². The van der Waals surface area contributed by atoms with Crippen LogP contribution >= 0.6 is 15.6 Å². The van der Waals surface area contributed by atoms with Crippen molar-refractivity contribution in [2.75, 3.05) is 39.6 Å². The van der Waals surface area contributed by atoms with E-state index in [1.807, 2.05) is 0 Å². The van der Waals surface area contributed by atoms with Crippen molar-refractivity contribution in [1.29, 1.82) is 0 Å². The highest BCUT2D eigenvalue weighted by atomic mass is 31.2. The maximum absolute atomic E-state index is 12.9. The molecule has 0 aliphatic heterocycles. The topological polar surface area (TPSA) is 237 Å². The van der Waals surface area contributed by atoms with Gasteiger partial charge in [-0.2, -0.15) is 0 Å². The van der Waals surface area contributed by atoms with Gasteiger partial charge in [-0.25, -0.2) is 9.13 Å². The molecule has 0 saturated heterocycles. The van der Waals surface area contributed by atoms with Crippen molar-refractivity contribution in [2.24, 2.45) is 11.8 Å². The van der Waals surface area contributed by atoms with E-state index in [9.17, 15) is 43.2 Å². The van der Waals surface area contributed by atoms with Gasteiger partial charge in [0.25, 0.3) is 0 Å². The molecule has 0 rings (SSSR count). The minimum atomic E-state index is -4.94. The molecule has 0 aliphatic rings. The van der Waals surface area contributed by atoms with Crippen molar-refractivity contribution in [2.45, 2.75) is 304 Å². The number of aliphatic hydroxyl groups excluding tert-OH is 1. The van der Waals surface area contributed by atoms with Crippen LogP contribution in [0, 0.1) is 11.8 Å². The van der Waals surface area contributed by atoms with Crippen LogP contribution in [0.25, 0.3) is 0 Å². The molecule has 0 heterocycles. The number of hydrogen-bond acceptors (Lipinski definition) is 15. The summed E-state index contributed by atoms with van der Waals surface area (Å²) in [6.07, 6.45) is 32.1. The fraction of sp³-hybridized carbons (Fsp3) is 0.932. The largest absolute Gasteiger partial charge is 0.472 e. The molecule has 0 aliphatic carbocycles. The Morgan fingerprint density at radius 3 is 0.910 bits per heavy atom. The summed E-state index contributed by atoms with van der Waals surface area (Å²) in [7, 11) is -9.87. The van der Waals surface area contributed by atoms with Gasteiger partial charge < -0.3 is 33.8 Å². The van der Waals surface area contributed by atoms with Crippen molar-refractivity contribution in [3.8, 4) is 0 Å². The quantitative estimate of drug-likeness (QED) is 0.0222. The number of phosphoric acid groups is 2. The molecule has 0 aromatic carbocycles. The summed E-state index contributed by atoms with van der Waals surface area (Å²) in [6.45, 7) is 9.33. The first-order valence-corrected chi connectivity index (χ1v) is 34.1. The SMILES string of the molecule is CCCCCCCCCCCC(=O)OC[C@H](COP(=O)(O)OC[C@H](O)COP(=O)(O)OC[C@@H](COC(=O)CCCCCCCCC(C)CC)OC(=O)CCCCCCCCC(C)CC)OC(=O)CCCCCCCCCCC. The molecule has 78 heavy (non-hydrogen) atoms. The van der Waals surface area contributed by atoms with E-state index in [0.717, 1.165) is 108 Å². The first-order valence-electron chi connectivity index (χ1n) is 31.1. The first kappa shape index (κ1) is 76.1. The lowest BCUT2D eigenvalue weighted by Crippen LogP contribution is -2.30. The number of unbranched alkanes of at least 4 members (excludes halogenated alkanes) is 26. The highest BCUT2D eigenvalue weighted by Crippen LogP contribution is 2.45. The van der Waals surface area contributed by atoms with Crippen molar-refractivity contribution >= 4 is 39.5 Å². The van der Waals surface area contributed by atoms with Gasteiger partial charge in [-0.1, -0.05) is 234 Å². The number of esters is 4. The number of carbonyl (C=O) groups is 4. The predicted molar refractivity (Wildman–Crippen MR) is 308 cm³/mol. The van der Waals surface area contributed by atoms with Gasteiger partial charge in [-0.05, 0) is 37.5 Å². The van der Waals surface area contributed by atoms with Gasteiger partial charge >= 0.3 is 39.5 Å². The Morgan fingerprint density at radius 2 is 0.615 bits per heavy atom. The minimum Gasteiger partial charge on any atom is -0.462 e. The van der Waals surface area contributed by atoms with Crippen LogP contribution in [-0.2, 0) is 65.4 Å². The number of aliphatic hydroxyl groups is 1. The maximum Gasteiger partial charge on any atom is 0.472 e. The van der Waals surface area contributed by atoms with Crippen molar-refractivity contribution < 1.29 is 80.2 Å². The summed E-state index contributed by atoms with van der Waals surface area (Å²) in [5, 5.41) is 10.5. The average Bonchev–Trinajstić information content (AvgIpc) is 3.41. The van der Waals surface area contributed by atoms with Gasteiger partial charge in [-0.15, -0.1) is 0 Å². The number of hydrogen-bond donors (Lipinski definition) is 3. The predicted octanol–water partition coefficient (Wildman–Crippen LogP) is 15.7. The first-order chi connectivity index (χ1) is 37.4. The van der Waals surface area contributed by atoms with Crippen molar-refractivity contribution in [1.82, 2.24) is 0 Å². The molecule has 3 N–H and O–H groups in total. The number of rotatable bonds is 58. The van der Waals surface area contributed by atoms with E-state index in [1.54, 1.807) is 0 Å². The van der Waals surface area contributed by atoms with E-state index < -0.39 is 97.5 Å². The van der Waals surface area contributed by atoms with E-state index in [0.29, 0.717) is 25.7 Å². The lowest BCUT2D eigenvalue weighted by Gasteiger charge is -2.21. The summed E-state index contributed by atoms with van der Waals surface area (Å²) in [5.74, 6) is -0.696. The molecular formula is C59H114O17P2. The molecule has 0 fully saturated rings. The lowest BCUT2D eigenvalue weighted by atomic mass is 10.00. The Morgan fingerprint density at radius 1 is 0.359 bits per heavy atom. The molecule has 0 spiro atoms.